The van der Waals surface area contributed by atoms with Gasteiger partial charge >= 0.3 is 0 Å². The van der Waals surface area contributed by atoms with Crippen LogP contribution in [-0.4, -0.2) is 30.9 Å². The minimum atomic E-state index is -0.861. The van der Waals surface area contributed by atoms with Gasteiger partial charge in [-0.1, -0.05) is 57.7 Å². The lowest BCUT2D eigenvalue weighted by Crippen LogP contribution is -2.50. The lowest BCUT2D eigenvalue weighted by Gasteiger charge is -2.42. The highest BCUT2D eigenvalue weighted by atomic mass is 16.5. The zero-order chi connectivity index (χ0) is 18.9. The highest BCUT2D eigenvalue weighted by molar-refractivity contribution is 5.69. The van der Waals surface area contributed by atoms with Gasteiger partial charge in [-0.3, -0.25) is 0 Å². The number of aliphatic hydroxyl groups is 1. The molecule has 3 nitrogen and oxygen atoms in total. The first-order chi connectivity index (χ1) is 12.3. The normalized spacial score (nSPS) is 23.1. The first-order valence-electron chi connectivity index (χ1n) is 9.12. The van der Waals surface area contributed by atoms with E-state index in [0.717, 1.165) is 29.1 Å². The molecule has 3 rings (SSSR count). The molecular weight excluding hydrogens is 322 g/mol. The Labute approximate surface area is 156 Å². The molecule has 0 bridgehead atoms. The number of anilines is 1. The van der Waals surface area contributed by atoms with E-state index in [-0.39, 0.29) is 11.3 Å². The second kappa shape index (κ2) is 6.81. The Morgan fingerprint density at radius 3 is 2.27 bits per heavy atom. The zero-order valence-corrected chi connectivity index (χ0v) is 16.2. The minimum Gasteiger partial charge on any atom is -0.497 e. The van der Waals surface area contributed by atoms with Gasteiger partial charge in [-0.05, 0) is 40.8 Å². The zero-order valence-electron chi connectivity index (χ0n) is 16.2. The molecule has 0 saturated carbocycles. The fourth-order valence-corrected chi connectivity index (χ4v) is 3.84. The number of benzene rings is 2. The topological polar surface area (TPSA) is 32.7 Å². The van der Waals surface area contributed by atoms with E-state index in [1.807, 2.05) is 30.3 Å². The van der Waals surface area contributed by atoms with Crippen LogP contribution in [0.3, 0.4) is 0 Å². The minimum absolute atomic E-state index is 0.0352. The van der Waals surface area contributed by atoms with Crippen LogP contribution in [0.2, 0.25) is 0 Å². The van der Waals surface area contributed by atoms with Crippen molar-refractivity contribution in [2.45, 2.75) is 26.4 Å². The van der Waals surface area contributed by atoms with Crippen LogP contribution < -0.4 is 9.64 Å². The average molecular weight is 351 g/mol. The lowest BCUT2D eigenvalue weighted by atomic mass is 9.68. The van der Waals surface area contributed by atoms with Crippen molar-refractivity contribution < 1.29 is 9.84 Å². The summed E-state index contributed by atoms with van der Waals surface area (Å²) < 4.78 is 5.26. The molecule has 3 heteroatoms. The van der Waals surface area contributed by atoms with Crippen molar-refractivity contribution in [3.8, 4) is 5.75 Å². The maximum Gasteiger partial charge on any atom is 0.119 e. The van der Waals surface area contributed by atoms with Gasteiger partial charge in [-0.2, -0.15) is 0 Å². The molecule has 1 saturated heterocycles. The Morgan fingerprint density at radius 2 is 1.73 bits per heavy atom. The van der Waals surface area contributed by atoms with Crippen LogP contribution in [0.1, 0.15) is 26.3 Å². The predicted molar refractivity (Wildman–Crippen MR) is 109 cm³/mol. The Bertz CT molecular complexity index is 761. The smallest absolute Gasteiger partial charge is 0.119 e. The molecule has 1 fully saturated rings. The van der Waals surface area contributed by atoms with Crippen LogP contribution in [-0.2, 0) is 0 Å². The summed E-state index contributed by atoms with van der Waals surface area (Å²) in [4.78, 5) is 2.25. The second-order valence-electron chi connectivity index (χ2n) is 8.20. The predicted octanol–water partition coefficient (Wildman–Crippen LogP) is 4.62. The maximum absolute atomic E-state index is 11.7. The second-order valence-corrected chi connectivity index (χ2v) is 8.20. The third-order valence-corrected chi connectivity index (χ3v) is 5.71. The maximum atomic E-state index is 11.7. The Morgan fingerprint density at radius 1 is 1.12 bits per heavy atom. The third-order valence-electron chi connectivity index (χ3n) is 5.71. The van der Waals surface area contributed by atoms with Gasteiger partial charge in [0.1, 0.15) is 5.75 Å². The molecule has 1 N–H and O–H groups in total. The highest BCUT2D eigenvalue weighted by Crippen LogP contribution is 2.47. The van der Waals surface area contributed by atoms with Crippen molar-refractivity contribution >= 4 is 11.3 Å². The summed E-state index contributed by atoms with van der Waals surface area (Å²) in [5.41, 5.74) is 2.06. The van der Waals surface area contributed by atoms with Gasteiger partial charge in [0.15, 0.2) is 0 Å². The number of methoxy groups -OCH3 is 1. The molecule has 2 atom stereocenters. The van der Waals surface area contributed by atoms with E-state index in [9.17, 15) is 5.11 Å². The molecule has 1 heterocycles. The average Bonchev–Trinajstić information content (AvgIpc) is 3.01. The largest absolute Gasteiger partial charge is 0.497 e. The first kappa shape index (κ1) is 18.5. The van der Waals surface area contributed by atoms with Crippen molar-refractivity contribution in [1.82, 2.24) is 0 Å². The van der Waals surface area contributed by atoms with Crippen LogP contribution in [0.4, 0.5) is 5.69 Å². The lowest BCUT2D eigenvalue weighted by molar-refractivity contribution is -0.0585. The summed E-state index contributed by atoms with van der Waals surface area (Å²) in [6, 6.07) is 18.2. The summed E-state index contributed by atoms with van der Waals surface area (Å²) in [5.74, 6) is 0.802. The van der Waals surface area contributed by atoms with Gasteiger partial charge in [0.05, 0.1) is 12.7 Å². The van der Waals surface area contributed by atoms with Crippen LogP contribution in [0.15, 0.2) is 61.2 Å². The van der Waals surface area contributed by atoms with E-state index >= 15 is 0 Å². The molecule has 1 aliphatic heterocycles. The highest BCUT2D eigenvalue weighted by Gasteiger charge is 2.53. The van der Waals surface area contributed by atoms with Crippen LogP contribution in [0.25, 0.3) is 5.57 Å². The molecule has 0 spiro atoms. The number of β-amino-alcohol motifs (C(OH)–C–C–N with tert-alkyl or cyclic N) is 1. The summed E-state index contributed by atoms with van der Waals surface area (Å²) >= 11 is 0. The molecule has 1 aliphatic rings. The third kappa shape index (κ3) is 3.24. The fourth-order valence-electron chi connectivity index (χ4n) is 3.84. The number of ether oxygens (including phenoxy) is 1. The van der Waals surface area contributed by atoms with Crippen molar-refractivity contribution in [1.29, 1.82) is 0 Å². The molecule has 0 amide bonds. The molecule has 2 aromatic carbocycles. The molecule has 2 aromatic rings. The van der Waals surface area contributed by atoms with Crippen molar-refractivity contribution in [3.05, 3.63) is 66.7 Å². The van der Waals surface area contributed by atoms with Crippen LogP contribution >= 0.6 is 0 Å². The Hall–Kier alpha value is -2.26. The van der Waals surface area contributed by atoms with E-state index in [4.69, 9.17) is 4.74 Å². The van der Waals surface area contributed by atoms with E-state index in [0.29, 0.717) is 6.54 Å². The molecule has 0 aliphatic carbocycles. The van der Waals surface area contributed by atoms with Gasteiger partial charge in [0.25, 0.3) is 0 Å². The van der Waals surface area contributed by atoms with E-state index in [1.165, 1.54) is 0 Å². The van der Waals surface area contributed by atoms with Crippen molar-refractivity contribution in [2.75, 3.05) is 25.1 Å². The quantitative estimate of drug-likeness (QED) is 0.872. The summed E-state index contributed by atoms with van der Waals surface area (Å²) in [6.07, 6.45) is 0. The first-order valence-corrected chi connectivity index (χ1v) is 9.12. The van der Waals surface area contributed by atoms with Gasteiger partial charge in [0, 0.05) is 24.7 Å². The standard InChI is InChI=1S/C23H29NO2/c1-17(18-9-7-6-8-10-18)21-15-24(16-23(21,25)22(2,3)4)19-11-13-20(26-5)14-12-19/h6-14,21,25H,1,15-16H2,2-5H3/t21-,23-/m0/s1. The summed E-state index contributed by atoms with van der Waals surface area (Å²) in [5, 5.41) is 11.7. The number of rotatable bonds is 4. The van der Waals surface area contributed by atoms with Gasteiger partial charge in [0.2, 0.25) is 0 Å². The monoisotopic (exact) mass is 351 g/mol. The van der Waals surface area contributed by atoms with Gasteiger partial charge in [-0.25, -0.2) is 0 Å². The molecule has 0 unspecified atom stereocenters. The number of hydrogen-bond acceptors (Lipinski definition) is 3. The Balaban J connectivity index is 1.94. The van der Waals surface area contributed by atoms with Crippen LogP contribution in [0, 0.1) is 11.3 Å². The molecule has 138 valence electrons. The van der Waals surface area contributed by atoms with E-state index in [2.05, 4.69) is 56.5 Å². The van der Waals surface area contributed by atoms with E-state index < -0.39 is 5.60 Å². The number of nitrogens with zero attached hydrogens (tertiary/aromatic N) is 1. The molecule has 26 heavy (non-hydrogen) atoms. The summed E-state index contributed by atoms with van der Waals surface area (Å²) in [6.45, 7) is 12.0. The van der Waals surface area contributed by atoms with E-state index in [1.54, 1.807) is 7.11 Å². The molecule has 0 radical (unpaired) electrons. The molecule has 0 aromatic heterocycles. The van der Waals surface area contributed by atoms with Gasteiger partial charge < -0.3 is 14.7 Å². The Kier molecular flexibility index (Phi) is 4.85. The van der Waals surface area contributed by atoms with Crippen molar-refractivity contribution in [2.24, 2.45) is 11.3 Å². The SMILES string of the molecule is C=C(c1ccccc1)[C@@H]1CN(c2ccc(OC)cc2)C[C@@]1(O)C(C)(C)C. The van der Waals surface area contributed by atoms with Crippen molar-refractivity contribution in [3.63, 3.8) is 0 Å². The van der Waals surface area contributed by atoms with Gasteiger partial charge in [-0.15, -0.1) is 0 Å². The van der Waals surface area contributed by atoms with Crippen LogP contribution in [0.5, 0.6) is 5.75 Å². The summed E-state index contributed by atoms with van der Waals surface area (Å²) in [7, 11) is 1.67. The fraction of sp³-hybridized carbons (Fsp3) is 0.391. The molecular formula is C23H29NO2. The number of hydrogen-bond donors (Lipinski definition) is 1.